The largest absolute Gasteiger partial charge is 0.391 e. The summed E-state index contributed by atoms with van der Waals surface area (Å²) < 4.78 is 0. The maximum Gasteiger partial charge on any atom is 0.326 e. The van der Waals surface area contributed by atoms with Crippen LogP contribution in [-0.2, 0) is 47.9 Å². The average Bonchev–Trinajstić information content (AvgIpc) is 4.24. The van der Waals surface area contributed by atoms with Gasteiger partial charge in [0.1, 0.15) is 54.9 Å². The molecule has 23 nitrogen and oxygen atoms in total. The first-order valence-corrected chi connectivity index (χ1v) is 29.5. The van der Waals surface area contributed by atoms with E-state index in [4.69, 9.17) is 0 Å². The molecule has 10 atom stereocenters. The number of carbonyl (C=O) groups excluding carboxylic acids is 11. The first-order valence-electron chi connectivity index (χ1n) is 29.5. The molecular formula is C60H99N11O12. The summed E-state index contributed by atoms with van der Waals surface area (Å²) in [6.07, 6.45) is 8.31. The van der Waals surface area contributed by atoms with Crippen LogP contribution in [0.3, 0.4) is 0 Å². The number of likely N-dealkylation sites (tertiary alicyclic amines) is 2. The summed E-state index contributed by atoms with van der Waals surface area (Å²) in [5.41, 5.74) is 1.59. The number of piperidine rings is 1. The minimum absolute atomic E-state index is 0.0422. The number of nitrogens with one attached hydrogen (secondary N) is 4. The molecule has 2 aliphatic heterocycles. The van der Waals surface area contributed by atoms with Gasteiger partial charge in [-0.1, -0.05) is 85.8 Å². The molecule has 3 rings (SSSR count). The van der Waals surface area contributed by atoms with Gasteiger partial charge in [-0.05, 0) is 101 Å². The van der Waals surface area contributed by atoms with Gasteiger partial charge >= 0.3 is 6.03 Å². The highest BCUT2D eigenvalue weighted by molar-refractivity contribution is 6.01. The van der Waals surface area contributed by atoms with E-state index in [0.717, 1.165) is 47.3 Å². The van der Waals surface area contributed by atoms with Crippen LogP contribution in [-0.4, -0.2) is 220 Å². The number of carbonyl (C=O) groups is 11. The maximum atomic E-state index is 14.7. The molecule has 23 heteroatoms. The molecule has 0 saturated carbocycles. The molecule has 0 aromatic heterocycles. The van der Waals surface area contributed by atoms with Gasteiger partial charge in [0.05, 0.1) is 6.10 Å². The van der Waals surface area contributed by atoms with Crippen molar-refractivity contribution in [3.63, 3.8) is 0 Å². The topological polar surface area (TPSA) is 279 Å². The summed E-state index contributed by atoms with van der Waals surface area (Å²) in [6, 6.07) is -9.97. The fourth-order valence-electron chi connectivity index (χ4n) is 11.0. The van der Waals surface area contributed by atoms with Crippen LogP contribution in [0.4, 0.5) is 4.79 Å². The predicted octanol–water partition coefficient (Wildman–Crippen LogP) is 2.82. The molecule has 2 unspecified atom stereocenters. The van der Waals surface area contributed by atoms with E-state index in [-0.39, 0.29) is 49.5 Å². The van der Waals surface area contributed by atoms with Crippen molar-refractivity contribution in [2.45, 2.75) is 189 Å². The molecule has 0 bridgehead atoms. The summed E-state index contributed by atoms with van der Waals surface area (Å²) in [4.78, 5) is 161. The number of aliphatic hydroxyl groups excluding tert-OH is 1. The molecule has 83 heavy (non-hydrogen) atoms. The van der Waals surface area contributed by atoms with E-state index in [2.05, 4.69) is 27.8 Å². The molecule has 0 aromatic carbocycles. The Morgan fingerprint density at radius 2 is 1.23 bits per heavy atom. The normalized spacial score (nSPS) is 18.9. The molecule has 1 aliphatic carbocycles. The molecule has 12 amide bonds. The van der Waals surface area contributed by atoms with Gasteiger partial charge in [0.25, 0.3) is 5.91 Å². The van der Waals surface area contributed by atoms with Crippen molar-refractivity contribution in [2.24, 2.45) is 29.6 Å². The van der Waals surface area contributed by atoms with E-state index in [9.17, 15) is 57.8 Å². The lowest BCUT2D eigenvalue weighted by molar-refractivity contribution is -0.149. The second kappa shape index (κ2) is 31.9. The summed E-state index contributed by atoms with van der Waals surface area (Å²) in [5, 5.41) is 21.8. The van der Waals surface area contributed by atoms with Gasteiger partial charge in [0.15, 0.2) is 0 Å². The number of hydrogen-bond donors (Lipinski definition) is 5. The van der Waals surface area contributed by atoms with Crippen LogP contribution in [0.15, 0.2) is 36.0 Å². The summed E-state index contributed by atoms with van der Waals surface area (Å²) >= 11 is 0. The molecule has 2 saturated heterocycles. The Balaban J connectivity index is 1.76. The molecule has 0 radical (unpaired) electrons. The van der Waals surface area contributed by atoms with Crippen LogP contribution in [0.1, 0.15) is 134 Å². The lowest BCUT2D eigenvalue weighted by Crippen LogP contribution is -2.61. The van der Waals surface area contributed by atoms with E-state index >= 15 is 0 Å². The lowest BCUT2D eigenvalue weighted by Gasteiger charge is -2.37. The number of rotatable bonds is 27. The van der Waals surface area contributed by atoms with Crippen molar-refractivity contribution in [2.75, 3.05) is 61.4 Å². The third-order valence-corrected chi connectivity index (χ3v) is 15.8. The zero-order valence-electron chi connectivity index (χ0n) is 52.6. The van der Waals surface area contributed by atoms with Crippen LogP contribution in [0.25, 0.3) is 0 Å². The number of allylic oxidation sites excluding steroid dienone is 3. The Bertz CT molecular complexity index is 2430. The first-order chi connectivity index (χ1) is 38.6. The Morgan fingerprint density at radius 3 is 1.76 bits per heavy atom. The minimum Gasteiger partial charge on any atom is -0.391 e. The second-order valence-electron chi connectivity index (χ2n) is 24.6. The number of likely N-dealkylation sites (N-methyl/N-ethyl adjacent to an activating group) is 5. The fourth-order valence-corrected chi connectivity index (χ4v) is 11.0. The van der Waals surface area contributed by atoms with E-state index in [1.165, 1.54) is 63.7 Å². The molecule has 5 N–H and O–H groups in total. The zero-order chi connectivity index (χ0) is 63.1. The molecule has 0 spiro atoms. The maximum absolute atomic E-state index is 14.7. The van der Waals surface area contributed by atoms with Gasteiger partial charge in [-0.3, -0.25) is 52.8 Å². The second-order valence-corrected chi connectivity index (χ2v) is 24.6. The highest BCUT2D eigenvalue weighted by Crippen LogP contribution is 2.30. The molecule has 0 aromatic rings. The quantitative estimate of drug-likeness (QED) is 0.0795. The van der Waals surface area contributed by atoms with Crippen LogP contribution < -0.4 is 21.3 Å². The SMILES string of the molecule is C=C(C)C1=CC=CC1[C@H](NC(=O)[C@H](CC(C)C)N(C)C(=O)[C@H](CC(C)C)NC(=O)[C@H](C)N(C)C(=O)[C@H](C(C)C)N(C)C(=O)CN(C)C(=O)N(C)C(=O)[C@@H](NC(=O)[C@@H]1CCCN1C(=O)[C@H](CC(C)C)NC(C)=O)C(C)O)C(=O)N1CCCCC1. The highest BCUT2D eigenvalue weighted by atomic mass is 16.3. The Morgan fingerprint density at radius 1 is 0.651 bits per heavy atom. The third kappa shape index (κ3) is 19.2. The van der Waals surface area contributed by atoms with Crippen LogP contribution in [0, 0.1) is 29.6 Å². The van der Waals surface area contributed by atoms with Gasteiger partial charge in [0, 0.05) is 67.7 Å². The fraction of sp³-hybridized carbons (Fsp3) is 0.717. The third-order valence-electron chi connectivity index (χ3n) is 15.8. The molecule has 2 heterocycles. The number of nitrogens with zero attached hydrogens (tertiary/aromatic N) is 7. The number of amides is 12. The summed E-state index contributed by atoms with van der Waals surface area (Å²) in [6.45, 7) is 25.5. The highest BCUT2D eigenvalue weighted by Gasteiger charge is 2.44. The number of urea groups is 1. The standard InChI is InChI=1S/C60H99N11O12/c1-34(2)30-44(55(78)67(16)47(32-36(5)6)54(77)64-50(43-25-22-24-42(43)37(7)8)58(81)70-27-20-19-21-28-70)62-52(75)39(11)66(15)59(82)51(38(9)10)68(17)48(74)33-65(14)60(83)69(18)57(80)49(40(12)72)63-53(76)46-26-23-29-71(46)56(79)45(31-35(3)4)61-41(13)73/h22,24-25,34-36,38-40,43-47,49-51,72H,7,19-21,23,26-33H2,1-6,8-18H3,(H,61,73)(H,62,75)(H,63,76)(H,64,77)/t39-,40?,43?,44-,45-,46-,47-,49-,50-,51-/m0/s1. The Hall–Kier alpha value is -6.65. The summed E-state index contributed by atoms with van der Waals surface area (Å²) in [7, 11) is 6.66. The predicted molar refractivity (Wildman–Crippen MR) is 315 cm³/mol. The van der Waals surface area contributed by atoms with Crippen molar-refractivity contribution < 1.29 is 57.8 Å². The average molecular weight is 1170 g/mol. The monoisotopic (exact) mass is 1170 g/mol. The van der Waals surface area contributed by atoms with Crippen molar-refractivity contribution in [3.05, 3.63) is 36.0 Å². The van der Waals surface area contributed by atoms with Gasteiger partial charge in [-0.25, -0.2) is 4.79 Å². The number of aliphatic hydroxyl groups is 1. The smallest absolute Gasteiger partial charge is 0.326 e. The van der Waals surface area contributed by atoms with E-state index in [1.807, 2.05) is 66.7 Å². The van der Waals surface area contributed by atoms with Crippen molar-refractivity contribution >= 4 is 65.1 Å². The Labute approximate surface area is 492 Å². The minimum atomic E-state index is -1.64. The Kier molecular flexibility index (Phi) is 27.1. The first kappa shape index (κ1) is 70.6. The van der Waals surface area contributed by atoms with Gasteiger partial charge in [0.2, 0.25) is 53.2 Å². The number of hydrogen-bond acceptors (Lipinski definition) is 12. The molecular weight excluding hydrogens is 1070 g/mol. The number of imide groups is 1. The summed E-state index contributed by atoms with van der Waals surface area (Å²) in [5.74, 6) is -7.01. The van der Waals surface area contributed by atoms with Crippen molar-refractivity contribution in [1.29, 1.82) is 0 Å². The van der Waals surface area contributed by atoms with Crippen molar-refractivity contribution in [3.8, 4) is 0 Å². The van der Waals surface area contributed by atoms with E-state index < -0.39 is 132 Å². The van der Waals surface area contributed by atoms with Crippen LogP contribution >= 0.6 is 0 Å². The molecule has 3 aliphatic rings. The van der Waals surface area contributed by atoms with Gasteiger partial charge in [-0.15, -0.1) is 0 Å². The van der Waals surface area contributed by atoms with Gasteiger partial charge < -0.3 is 55.8 Å². The lowest BCUT2D eigenvalue weighted by atomic mass is 9.88. The van der Waals surface area contributed by atoms with Crippen LogP contribution in [0.2, 0.25) is 0 Å². The van der Waals surface area contributed by atoms with Crippen LogP contribution in [0.5, 0.6) is 0 Å². The zero-order valence-corrected chi connectivity index (χ0v) is 52.6. The molecule has 466 valence electrons. The van der Waals surface area contributed by atoms with Crippen molar-refractivity contribution in [1.82, 2.24) is 55.6 Å². The van der Waals surface area contributed by atoms with E-state index in [1.54, 1.807) is 18.7 Å². The van der Waals surface area contributed by atoms with Gasteiger partial charge in [-0.2, -0.15) is 0 Å². The molecule has 2 fully saturated rings. The van der Waals surface area contributed by atoms with E-state index in [0.29, 0.717) is 30.8 Å².